The van der Waals surface area contributed by atoms with Gasteiger partial charge in [-0.3, -0.25) is 4.79 Å². The van der Waals surface area contributed by atoms with Gasteiger partial charge in [0.05, 0.1) is 13.2 Å². The predicted molar refractivity (Wildman–Crippen MR) is 93.8 cm³/mol. The van der Waals surface area contributed by atoms with Crippen molar-refractivity contribution in [2.24, 2.45) is 5.92 Å². The Morgan fingerprint density at radius 3 is 2.39 bits per heavy atom. The second kappa shape index (κ2) is 7.82. The van der Waals surface area contributed by atoms with Crippen LogP contribution in [0.25, 0.3) is 0 Å². The summed E-state index contributed by atoms with van der Waals surface area (Å²) in [5, 5.41) is 3.17. The fourth-order valence-corrected chi connectivity index (χ4v) is 2.70. The van der Waals surface area contributed by atoms with E-state index in [1.54, 1.807) is 13.2 Å². The van der Waals surface area contributed by atoms with Crippen LogP contribution in [0.15, 0.2) is 48.5 Å². The number of hydrogen-bond acceptors (Lipinski definition) is 2. The zero-order valence-electron chi connectivity index (χ0n) is 14.3. The van der Waals surface area contributed by atoms with Gasteiger partial charge in [-0.1, -0.05) is 44.2 Å². The van der Waals surface area contributed by atoms with Gasteiger partial charge in [0, 0.05) is 5.56 Å². The summed E-state index contributed by atoms with van der Waals surface area (Å²) < 4.78 is 5.25. The van der Waals surface area contributed by atoms with Crippen LogP contribution in [0, 0.1) is 12.8 Å². The van der Waals surface area contributed by atoms with E-state index in [4.69, 9.17) is 4.74 Å². The molecule has 0 bridgehead atoms. The number of carbonyl (C=O) groups excluding carboxylic acids is 1. The highest BCUT2D eigenvalue weighted by Crippen LogP contribution is 2.23. The van der Waals surface area contributed by atoms with Crippen LogP contribution >= 0.6 is 0 Å². The molecule has 0 aliphatic heterocycles. The molecule has 3 heteroatoms. The van der Waals surface area contributed by atoms with Crippen molar-refractivity contribution in [3.8, 4) is 5.75 Å². The molecular weight excluding hydrogens is 286 g/mol. The molecule has 0 aliphatic rings. The Morgan fingerprint density at radius 2 is 1.83 bits per heavy atom. The van der Waals surface area contributed by atoms with Crippen LogP contribution in [-0.2, 0) is 0 Å². The summed E-state index contributed by atoms with van der Waals surface area (Å²) in [7, 11) is 1.64. The Bertz CT molecular complexity index is 650. The van der Waals surface area contributed by atoms with Crippen LogP contribution in [0.3, 0.4) is 0 Å². The van der Waals surface area contributed by atoms with E-state index in [2.05, 4.69) is 31.3 Å². The minimum absolute atomic E-state index is 0.0195. The van der Waals surface area contributed by atoms with Crippen molar-refractivity contribution >= 4 is 5.91 Å². The van der Waals surface area contributed by atoms with E-state index >= 15 is 0 Å². The van der Waals surface area contributed by atoms with Gasteiger partial charge in [0.15, 0.2) is 0 Å². The van der Waals surface area contributed by atoms with Gasteiger partial charge >= 0.3 is 0 Å². The van der Waals surface area contributed by atoms with E-state index in [9.17, 15) is 4.79 Å². The SMILES string of the molecule is COc1ccc(C(=O)NC(CC(C)C)c2ccccc2)cc1C. The lowest BCUT2D eigenvalue weighted by Crippen LogP contribution is -2.29. The van der Waals surface area contributed by atoms with Gasteiger partial charge in [-0.05, 0) is 48.6 Å². The van der Waals surface area contributed by atoms with E-state index in [1.807, 2.05) is 37.3 Å². The summed E-state index contributed by atoms with van der Waals surface area (Å²) in [6.45, 7) is 6.28. The Balaban J connectivity index is 2.19. The predicted octanol–water partition coefficient (Wildman–Crippen LogP) is 4.52. The highest BCUT2D eigenvalue weighted by molar-refractivity contribution is 5.94. The largest absolute Gasteiger partial charge is 0.496 e. The number of ether oxygens (including phenoxy) is 1. The molecule has 0 heterocycles. The van der Waals surface area contributed by atoms with Gasteiger partial charge in [-0.15, -0.1) is 0 Å². The molecular formula is C20H25NO2. The monoisotopic (exact) mass is 311 g/mol. The molecule has 0 saturated carbocycles. The molecule has 3 nitrogen and oxygen atoms in total. The first-order valence-corrected chi connectivity index (χ1v) is 8.01. The maximum Gasteiger partial charge on any atom is 0.251 e. The third-order valence-corrected chi connectivity index (χ3v) is 3.87. The minimum atomic E-state index is -0.0507. The standard InChI is InChI=1S/C20H25NO2/c1-14(2)12-18(16-8-6-5-7-9-16)21-20(22)17-10-11-19(23-4)15(3)13-17/h5-11,13-14,18H,12H2,1-4H3,(H,21,22). The molecule has 0 fully saturated rings. The smallest absolute Gasteiger partial charge is 0.251 e. The van der Waals surface area contributed by atoms with Gasteiger partial charge in [0.2, 0.25) is 0 Å². The molecule has 1 amide bonds. The lowest BCUT2D eigenvalue weighted by atomic mass is 9.96. The summed E-state index contributed by atoms with van der Waals surface area (Å²) in [5.41, 5.74) is 2.76. The summed E-state index contributed by atoms with van der Waals surface area (Å²) >= 11 is 0. The van der Waals surface area contributed by atoms with Gasteiger partial charge in [0.25, 0.3) is 5.91 Å². The average molecular weight is 311 g/mol. The molecule has 2 rings (SSSR count). The number of nitrogens with one attached hydrogen (secondary N) is 1. The van der Waals surface area contributed by atoms with Crippen LogP contribution in [-0.4, -0.2) is 13.0 Å². The number of methoxy groups -OCH3 is 1. The van der Waals surface area contributed by atoms with E-state index in [-0.39, 0.29) is 11.9 Å². The lowest BCUT2D eigenvalue weighted by Gasteiger charge is -2.21. The van der Waals surface area contributed by atoms with Crippen LogP contribution in [0.2, 0.25) is 0 Å². The average Bonchev–Trinajstić information content (AvgIpc) is 2.54. The van der Waals surface area contributed by atoms with Gasteiger partial charge in [-0.2, -0.15) is 0 Å². The number of benzene rings is 2. The van der Waals surface area contributed by atoms with Gasteiger partial charge < -0.3 is 10.1 Å². The summed E-state index contributed by atoms with van der Waals surface area (Å²) in [5.74, 6) is 1.24. The first kappa shape index (κ1) is 17.1. The molecule has 0 spiro atoms. The Hall–Kier alpha value is -2.29. The molecule has 1 unspecified atom stereocenters. The molecule has 0 saturated heterocycles. The number of hydrogen-bond donors (Lipinski definition) is 1. The first-order valence-electron chi connectivity index (χ1n) is 8.01. The molecule has 0 radical (unpaired) electrons. The van der Waals surface area contributed by atoms with Gasteiger partial charge in [-0.25, -0.2) is 0 Å². The number of aryl methyl sites for hydroxylation is 1. The van der Waals surface area contributed by atoms with Crippen molar-refractivity contribution in [2.45, 2.75) is 33.2 Å². The third-order valence-electron chi connectivity index (χ3n) is 3.87. The molecule has 2 aromatic carbocycles. The topological polar surface area (TPSA) is 38.3 Å². The van der Waals surface area contributed by atoms with Crippen LogP contribution in [0.1, 0.15) is 47.8 Å². The van der Waals surface area contributed by atoms with Crippen molar-refractivity contribution in [3.63, 3.8) is 0 Å². The molecule has 0 aromatic heterocycles. The van der Waals surface area contributed by atoms with Crippen LogP contribution in [0.4, 0.5) is 0 Å². The van der Waals surface area contributed by atoms with Crippen molar-refractivity contribution in [1.29, 1.82) is 0 Å². The van der Waals surface area contributed by atoms with Crippen LogP contribution in [0.5, 0.6) is 5.75 Å². The first-order chi connectivity index (χ1) is 11.0. The molecule has 0 aliphatic carbocycles. The Kier molecular flexibility index (Phi) is 5.80. The second-order valence-corrected chi connectivity index (χ2v) is 6.25. The number of amides is 1. The van der Waals surface area contributed by atoms with E-state index in [0.29, 0.717) is 11.5 Å². The summed E-state index contributed by atoms with van der Waals surface area (Å²) in [6, 6.07) is 15.7. The van der Waals surface area contributed by atoms with Crippen LogP contribution < -0.4 is 10.1 Å². The Labute approximate surface area is 138 Å². The molecule has 122 valence electrons. The highest BCUT2D eigenvalue weighted by Gasteiger charge is 2.17. The number of carbonyl (C=O) groups is 1. The zero-order valence-corrected chi connectivity index (χ0v) is 14.3. The van der Waals surface area contributed by atoms with Crippen molar-refractivity contribution in [1.82, 2.24) is 5.32 Å². The molecule has 2 aromatic rings. The zero-order chi connectivity index (χ0) is 16.8. The van der Waals surface area contributed by atoms with E-state index in [0.717, 1.165) is 23.3 Å². The van der Waals surface area contributed by atoms with Crippen molar-refractivity contribution < 1.29 is 9.53 Å². The minimum Gasteiger partial charge on any atom is -0.496 e. The molecule has 23 heavy (non-hydrogen) atoms. The van der Waals surface area contributed by atoms with E-state index in [1.165, 1.54) is 0 Å². The third kappa shape index (κ3) is 4.59. The van der Waals surface area contributed by atoms with Gasteiger partial charge in [0.1, 0.15) is 5.75 Å². The molecule has 1 N–H and O–H groups in total. The normalized spacial score (nSPS) is 12.0. The maximum atomic E-state index is 12.6. The quantitative estimate of drug-likeness (QED) is 0.851. The summed E-state index contributed by atoms with van der Waals surface area (Å²) in [6.07, 6.45) is 0.908. The maximum absolute atomic E-state index is 12.6. The Morgan fingerprint density at radius 1 is 1.13 bits per heavy atom. The highest BCUT2D eigenvalue weighted by atomic mass is 16.5. The van der Waals surface area contributed by atoms with Crippen molar-refractivity contribution in [3.05, 3.63) is 65.2 Å². The number of rotatable bonds is 6. The summed E-state index contributed by atoms with van der Waals surface area (Å²) in [4.78, 5) is 12.6. The second-order valence-electron chi connectivity index (χ2n) is 6.25. The van der Waals surface area contributed by atoms with E-state index < -0.39 is 0 Å². The molecule has 1 atom stereocenters. The van der Waals surface area contributed by atoms with Crippen molar-refractivity contribution in [2.75, 3.05) is 7.11 Å². The fourth-order valence-electron chi connectivity index (χ4n) is 2.70. The fraction of sp³-hybridized carbons (Fsp3) is 0.350. The lowest BCUT2D eigenvalue weighted by molar-refractivity contribution is 0.0932.